The molecule has 1 saturated carbocycles. The molecule has 6 heteroatoms. The second-order valence-electron chi connectivity index (χ2n) is 5.93. The van der Waals surface area contributed by atoms with Crippen LogP contribution in [-0.4, -0.2) is 17.9 Å². The highest BCUT2D eigenvalue weighted by Crippen LogP contribution is 2.23. The zero-order valence-corrected chi connectivity index (χ0v) is 14.8. The molecule has 0 atom stereocenters. The minimum atomic E-state index is -0.189. The Balaban J connectivity index is 1.71. The van der Waals surface area contributed by atoms with E-state index in [1.807, 2.05) is 11.4 Å². The van der Waals surface area contributed by atoms with Gasteiger partial charge >= 0.3 is 0 Å². The van der Waals surface area contributed by atoms with Crippen LogP contribution in [0.1, 0.15) is 52.1 Å². The van der Waals surface area contributed by atoms with Gasteiger partial charge in [-0.15, -0.1) is 11.3 Å². The standard InChI is InChI=1S/C18H19ClN2O2S/c19-15-9-8-13(21-18(23)16-7-4-10-24-16)11-14(15)17(22)20-12-5-2-1-3-6-12/h4,7-12H,1-3,5-6H2,(H,20,22)(H,21,23). The van der Waals surface area contributed by atoms with E-state index in [4.69, 9.17) is 11.6 Å². The summed E-state index contributed by atoms with van der Waals surface area (Å²) in [6.07, 6.45) is 5.55. The third-order valence-corrected chi connectivity index (χ3v) is 5.35. The molecule has 2 aromatic rings. The number of nitrogens with one attached hydrogen (secondary N) is 2. The summed E-state index contributed by atoms with van der Waals surface area (Å²) in [6, 6.07) is 8.77. The topological polar surface area (TPSA) is 58.2 Å². The average Bonchev–Trinajstić information content (AvgIpc) is 3.12. The molecule has 0 unspecified atom stereocenters. The van der Waals surface area contributed by atoms with Crippen LogP contribution in [0.15, 0.2) is 35.7 Å². The molecule has 1 fully saturated rings. The first-order valence-electron chi connectivity index (χ1n) is 8.09. The van der Waals surface area contributed by atoms with Gasteiger partial charge in [-0.3, -0.25) is 9.59 Å². The van der Waals surface area contributed by atoms with E-state index in [0.717, 1.165) is 25.7 Å². The highest BCUT2D eigenvalue weighted by molar-refractivity contribution is 7.12. The van der Waals surface area contributed by atoms with Crippen molar-refractivity contribution < 1.29 is 9.59 Å². The van der Waals surface area contributed by atoms with Gasteiger partial charge < -0.3 is 10.6 Å². The molecule has 1 aliphatic carbocycles. The summed E-state index contributed by atoms with van der Waals surface area (Å²) in [5, 5.41) is 8.09. The van der Waals surface area contributed by atoms with Crippen LogP contribution in [0.3, 0.4) is 0 Å². The average molecular weight is 363 g/mol. The van der Waals surface area contributed by atoms with Gasteiger partial charge in [0, 0.05) is 11.7 Å². The van der Waals surface area contributed by atoms with E-state index >= 15 is 0 Å². The van der Waals surface area contributed by atoms with Gasteiger partial charge in [-0.1, -0.05) is 36.9 Å². The summed E-state index contributed by atoms with van der Waals surface area (Å²) < 4.78 is 0. The molecule has 0 radical (unpaired) electrons. The van der Waals surface area contributed by atoms with Gasteiger partial charge in [0.1, 0.15) is 0 Å². The van der Waals surface area contributed by atoms with Crippen molar-refractivity contribution in [1.82, 2.24) is 5.32 Å². The monoisotopic (exact) mass is 362 g/mol. The molecule has 1 aliphatic rings. The number of anilines is 1. The molecular weight excluding hydrogens is 344 g/mol. The normalized spacial score (nSPS) is 15.0. The van der Waals surface area contributed by atoms with Gasteiger partial charge in [0.05, 0.1) is 15.5 Å². The minimum absolute atomic E-state index is 0.181. The fourth-order valence-electron chi connectivity index (χ4n) is 2.89. The third kappa shape index (κ3) is 4.16. The number of halogens is 1. The Hall–Kier alpha value is -1.85. The van der Waals surface area contributed by atoms with Crippen LogP contribution < -0.4 is 10.6 Å². The summed E-state index contributed by atoms with van der Waals surface area (Å²) in [5.74, 6) is -0.370. The lowest BCUT2D eigenvalue weighted by Gasteiger charge is -2.23. The number of carbonyl (C=O) groups excluding carboxylic acids is 2. The van der Waals surface area contributed by atoms with Crippen molar-refractivity contribution in [3.05, 3.63) is 51.2 Å². The maximum absolute atomic E-state index is 12.5. The van der Waals surface area contributed by atoms with E-state index in [1.54, 1.807) is 24.3 Å². The number of amides is 2. The van der Waals surface area contributed by atoms with E-state index in [9.17, 15) is 9.59 Å². The zero-order chi connectivity index (χ0) is 16.9. The molecule has 2 amide bonds. The molecule has 1 aromatic heterocycles. The van der Waals surface area contributed by atoms with Gasteiger partial charge in [0.15, 0.2) is 0 Å². The van der Waals surface area contributed by atoms with Crippen LogP contribution in [0.25, 0.3) is 0 Å². The smallest absolute Gasteiger partial charge is 0.265 e. The summed E-state index contributed by atoms with van der Waals surface area (Å²) in [6.45, 7) is 0. The van der Waals surface area contributed by atoms with E-state index in [1.165, 1.54) is 17.8 Å². The number of carbonyl (C=O) groups is 2. The molecule has 126 valence electrons. The molecular formula is C18H19ClN2O2S. The number of benzene rings is 1. The SMILES string of the molecule is O=C(Nc1ccc(Cl)c(C(=O)NC2CCCCC2)c1)c1cccs1. The van der Waals surface area contributed by atoms with Crippen molar-refractivity contribution in [1.29, 1.82) is 0 Å². The minimum Gasteiger partial charge on any atom is -0.349 e. The molecule has 1 heterocycles. The van der Waals surface area contributed by atoms with Crippen molar-refractivity contribution in [2.24, 2.45) is 0 Å². The van der Waals surface area contributed by atoms with Crippen LogP contribution in [0.2, 0.25) is 5.02 Å². The van der Waals surface area contributed by atoms with Gasteiger partial charge in [-0.05, 0) is 42.5 Å². The predicted molar refractivity (Wildman–Crippen MR) is 98.1 cm³/mol. The molecule has 0 aliphatic heterocycles. The summed E-state index contributed by atoms with van der Waals surface area (Å²) in [4.78, 5) is 25.2. The van der Waals surface area contributed by atoms with E-state index < -0.39 is 0 Å². The quantitative estimate of drug-likeness (QED) is 0.827. The van der Waals surface area contributed by atoms with Crippen LogP contribution >= 0.6 is 22.9 Å². The fraction of sp³-hybridized carbons (Fsp3) is 0.333. The molecule has 3 rings (SSSR count). The van der Waals surface area contributed by atoms with Crippen molar-refractivity contribution in [2.75, 3.05) is 5.32 Å². The van der Waals surface area contributed by atoms with Crippen molar-refractivity contribution >= 4 is 40.4 Å². The van der Waals surface area contributed by atoms with E-state index in [2.05, 4.69) is 10.6 Å². The van der Waals surface area contributed by atoms with Crippen LogP contribution in [-0.2, 0) is 0 Å². The first-order valence-corrected chi connectivity index (χ1v) is 9.34. The number of thiophene rings is 1. The Morgan fingerprint density at radius 2 is 1.88 bits per heavy atom. The highest BCUT2D eigenvalue weighted by atomic mass is 35.5. The lowest BCUT2D eigenvalue weighted by atomic mass is 9.95. The maximum atomic E-state index is 12.5. The Kier molecular flexibility index (Phi) is 5.53. The lowest BCUT2D eigenvalue weighted by molar-refractivity contribution is 0.0927. The van der Waals surface area contributed by atoms with Gasteiger partial charge in [-0.2, -0.15) is 0 Å². The molecule has 0 spiro atoms. The predicted octanol–water partition coefficient (Wildman–Crippen LogP) is 4.72. The molecule has 0 bridgehead atoms. The summed E-state index contributed by atoms with van der Waals surface area (Å²) in [5.41, 5.74) is 0.956. The molecule has 0 saturated heterocycles. The van der Waals surface area contributed by atoms with Gasteiger partial charge in [0.25, 0.3) is 11.8 Å². The highest BCUT2D eigenvalue weighted by Gasteiger charge is 2.19. The van der Waals surface area contributed by atoms with Crippen molar-refractivity contribution in [2.45, 2.75) is 38.1 Å². The Morgan fingerprint density at radius 1 is 1.08 bits per heavy atom. The number of rotatable bonds is 4. The fourth-order valence-corrected chi connectivity index (χ4v) is 3.71. The Labute approximate surface area is 150 Å². The number of hydrogen-bond donors (Lipinski definition) is 2. The Morgan fingerprint density at radius 3 is 2.58 bits per heavy atom. The van der Waals surface area contributed by atoms with Gasteiger partial charge in [-0.25, -0.2) is 0 Å². The second kappa shape index (κ2) is 7.81. The largest absolute Gasteiger partial charge is 0.349 e. The number of hydrogen-bond acceptors (Lipinski definition) is 3. The Bertz CT molecular complexity index is 725. The molecule has 24 heavy (non-hydrogen) atoms. The first-order chi connectivity index (χ1) is 11.6. The summed E-state index contributed by atoms with van der Waals surface area (Å²) >= 11 is 7.54. The lowest BCUT2D eigenvalue weighted by Crippen LogP contribution is -2.36. The molecule has 1 aromatic carbocycles. The first kappa shape index (κ1) is 17.0. The van der Waals surface area contributed by atoms with Crippen molar-refractivity contribution in [3.8, 4) is 0 Å². The molecule has 4 nitrogen and oxygen atoms in total. The van der Waals surface area contributed by atoms with Crippen molar-refractivity contribution in [3.63, 3.8) is 0 Å². The van der Waals surface area contributed by atoms with E-state index in [0.29, 0.717) is 21.2 Å². The van der Waals surface area contributed by atoms with Crippen LogP contribution in [0, 0.1) is 0 Å². The maximum Gasteiger partial charge on any atom is 0.265 e. The van der Waals surface area contributed by atoms with Crippen LogP contribution in [0.4, 0.5) is 5.69 Å². The van der Waals surface area contributed by atoms with Gasteiger partial charge in [0.2, 0.25) is 0 Å². The molecule has 2 N–H and O–H groups in total. The van der Waals surface area contributed by atoms with Crippen LogP contribution in [0.5, 0.6) is 0 Å². The van der Waals surface area contributed by atoms with E-state index in [-0.39, 0.29) is 17.9 Å². The third-order valence-electron chi connectivity index (χ3n) is 4.15. The summed E-state index contributed by atoms with van der Waals surface area (Å²) in [7, 11) is 0. The second-order valence-corrected chi connectivity index (χ2v) is 7.29. The zero-order valence-electron chi connectivity index (χ0n) is 13.2.